The van der Waals surface area contributed by atoms with Crippen molar-refractivity contribution in [2.75, 3.05) is 20.8 Å². The highest BCUT2D eigenvalue weighted by Gasteiger charge is 2.24. The minimum Gasteiger partial charge on any atom is -0.497 e. The van der Waals surface area contributed by atoms with Gasteiger partial charge < -0.3 is 19.9 Å². The van der Waals surface area contributed by atoms with Gasteiger partial charge >= 0.3 is 0 Å². The van der Waals surface area contributed by atoms with Gasteiger partial charge in [-0.1, -0.05) is 91.0 Å². The van der Waals surface area contributed by atoms with Gasteiger partial charge in [0, 0.05) is 22.3 Å². The Labute approximate surface area is 296 Å². The molecular formula is C41H37N7O3. The van der Waals surface area contributed by atoms with Crippen LogP contribution in [0, 0.1) is 0 Å². The molecule has 0 unspecified atom stereocenters. The molecule has 0 saturated carbocycles. The zero-order valence-electron chi connectivity index (χ0n) is 28.4. The zero-order valence-corrected chi connectivity index (χ0v) is 28.4. The quantitative estimate of drug-likeness (QED) is 0.188. The Hall–Kier alpha value is -6.39. The lowest BCUT2D eigenvalue weighted by atomic mass is 10.00. The first kappa shape index (κ1) is 33.1. The Bertz CT molecular complexity index is 2210. The van der Waals surface area contributed by atoms with Crippen LogP contribution in [0.25, 0.3) is 5.69 Å². The molecule has 5 aromatic carbocycles. The number of hydrogen-bond donors (Lipinski definition) is 1. The van der Waals surface area contributed by atoms with E-state index < -0.39 is 0 Å². The lowest BCUT2D eigenvalue weighted by Crippen LogP contribution is -2.14. The fourth-order valence-corrected chi connectivity index (χ4v) is 5.97. The molecule has 10 nitrogen and oxygen atoms in total. The fraction of sp³-hybridized carbons (Fsp3) is 0.146. The summed E-state index contributed by atoms with van der Waals surface area (Å²) in [7, 11) is 3.32. The molecule has 254 valence electrons. The highest BCUT2D eigenvalue weighted by molar-refractivity contribution is 6.17. The van der Waals surface area contributed by atoms with Crippen molar-refractivity contribution in [3.05, 3.63) is 167 Å². The van der Waals surface area contributed by atoms with Crippen molar-refractivity contribution in [1.82, 2.24) is 14.8 Å². The second kappa shape index (κ2) is 15.4. The Kier molecular flexibility index (Phi) is 10.0. The van der Waals surface area contributed by atoms with E-state index in [2.05, 4.69) is 36.9 Å². The maximum Gasteiger partial charge on any atom is 0.163 e. The number of nitrogens with two attached hydrogens (primary N) is 1. The van der Waals surface area contributed by atoms with E-state index in [1.807, 2.05) is 115 Å². The summed E-state index contributed by atoms with van der Waals surface area (Å²) in [5.74, 6) is 3.61. The molecule has 51 heavy (non-hydrogen) atoms. The van der Waals surface area contributed by atoms with Crippen LogP contribution in [0.1, 0.15) is 39.5 Å². The summed E-state index contributed by atoms with van der Waals surface area (Å²) in [5, 5.41) is 8.80. The van der Waals surface area contributed by atoms with Crippen LogP contribution in [0.15, 0.2) is 142 Å². The van der Waals surface area contributed by atoms with Gasteiger partial charge in [-0.2, -0.15) is 0 Å². The van der Waals surface area contributed by atoms with E-state index in [1.54, 1.807) is 14.2 Å². The van der Waals surface area contributed by atoms with E-state index in [9.17, 15) is 0 Å². The van der Waals surface area contributed by atoms with Crippen LogP contribution >= 0.6 is 0 Å². The Morgan fingerprint density at radius 2 is 1.22 bits per heavy atom. The molecule has 0 spiro atoms. The van der Waals surface area contributed by atoms with Gasteiger partial charge in [-0.25, -0.2) is 4.99 Å². The summed E-state index contributed by atoms with van der Waals surface area (Å²) in [6.45, 7) is 1.71. The van der Waals surface area contributed by atoms with E-state index in [1.165, 1.54) is 0 Å². The van der Waals surface area contributed by atoms with E-state index in [0.29, 0.717) is 32.1 Å². The van der Waals surface area contributed by atoms with E-state index in [-0.39, 0.29) is 0 Å². The normalized spacial score (nSPS) is 13.0. The Morgan fingerprint density at radius 3 is 1.88 bits per heavy atom. The molecule has 2 aliphatic heterocycles. The number of benzene rings is 5. The molecule has 2 aliphatic rings. The Morgan fingerprint density at radius 1 is 0.627 bits per heavy atom. The van der Waals surface area contributed by atoms with Crippen molar-refractivity contribution in [2.24, 2.45) is 20.7 Å². The maximum atomic E-state index is 5.96. The summed E-state index contributed by atoms with van der Waals surface area (Å²) < 4.78 is 18.8. The molecule has 0 saturated heterocycles. The summed E-state index contributed by atoms with van der Waals surface area (Å²) in [4.78, 5) is 13.9. The third kappa shape index (κ3) is 7.46. The topological polar surface area (TPSA) is 122 Å². The molecule has 0 radical (unpaired) electrons. The summed E-state index contributed by atoms with van der Waals surface area (Å²) >= 11 is 0. The standard InChI is InChI=1S/C25H22N4O2.C16H15N3O/c1-30-20-12-13-22-21(14-20)25(19-10-6-3-7-11-19)26-15-23-27-28-24(29(22)23)17-31-16-18-8-4-2-5-9-18;1-20-12-7-8-14-13(9-12)16(18-10-15(17)19-14)11-5-3-2-4-6-11/h2-14H,15-17H2,1H3;2-9H,10H2,1H3,(H2,17,19). The maximum absolute atomic E-state index is 5.96. The third-order valence-electron chi connectivity index (χ3n) is 8.43. The summed E-state index contributed by atoms with van der Waals surface area (Å²) in [6.07, 6.45) is 0. The third-order valence-corrected chi connectivity index (χ3v) is 8.43. The predicted molar refractivity (Wildman–Crippen MR) is 200 cm³/mol. The number of aliphatic imine (C=N–C) groups is 3. The average molecular weight is 676 g/mol. The van der Waals surface area contributed by atoms with Crippen LogP contribution in [-0.4, -0.2) is 52.8 Å². The van der Waals surface area contributed by atoms with Crippen LogP contribution in [-0.2, 0) is 24.5 Å². The first-order chi connectivity index (χ1) is 25.1. The van der Waals surface area contributed by atoms with Crippen molar-refractivity contribution in [3.63, 3.8) is 0 Å². The summed E-state index contributed by atoms with van der Waals surface area (Å²) in [5.41, 5.74) is 14.6. The SMILES string of the molecule is COc1ccc2c(c1)C(c1ccccc1)=NCC(N)=N2.COc1ccc2c(c1)C(c1ccccc1)=NCc1nnc(COCc3ccccc3)n1-2. The van der Waals surface area contributed by atoms with E-state index >= 15 is 0 Å². The largest absolute Gasteiger partial charge is 0.497 e. The highest BCUT2D eigenvalue weighted by Crippen LogP contribution is 2.30. The lowest BCUT2D eigenvalue weighted by Gasteiger charge is -2.15. The molecule has 0 fully saturated rings. The summed E-state index contributed by atoms with van der Waals surface area (Å²) in [6, 6.07) is 42.1. The van der Waals surface area contributed by atoms with Gasteiger partial charge in [0.1, 0.15) is 30.5 Å². The van der Waals surface area contributed by atoms with Crippen molar-refractivity contribution in [1.29, 1.82) is 0 Å². The molecule has 3 heterocycles. The molecular weight excluding hydrogens is 638 g/mol. The minimum absolute atomic E-state index is 0.355. The number of methoxy groups -OCH3 is 2. The monoisotopic (exact) mass is 675 g/mol. The van der Waals surface area contributed by atoms with Gasteiger partial charge in [0.2, 0.25) is 0 Å². The first-order valence-corrected chi connectivity index (χ1v) is 16.6. The van der Waals surface area contributed by atoms with E-state index in [4.69, 9.17) is 24.9 Å². The number of ether oxygens (including phenoxy) is 3. The number of hydrogen-bond acceptors (Lipinski definition) is 9. The number of fused-ring (bicyclic) bond motifs is 4. The number of rotatable bonds is 8. The average Bonchev–Trinajstić information content (AvgIpc) is 3.40. The molecule has 0 aliphatic carbocycles. The molecule has 6 aromatic rings. The van der Waals surface area contributed by atoms with Crippen molar-refractivity contribution in [3.8, 4) is 17.2 Å². The molecule has 8 rings (SSSR count). The second-order valence-electron chi connectivity index (χ2n) is 11.8. The van der Waals surface area contributed by atoms with Gasteiger partial charge in [-0.3, -0.25) is 14.6 Å². The fourth-order valence-electron chi connectivity index (χ4n) is 5.97. The van der Waals surface area contributed by atoms with Crippen molar-refractivity contribution >= 4 is 22.9 Å². The lowest BCUT2D eigenvalue weighted by molar-refractivity contribution is 0.100. The van der Waals surface area contributed by atoms with Crippen molar-refractivity contribution < 1.29 is 14.2 Å². The molecule has 0 amide bonds. The van der Waals surface area contributed by atoms with Crippen LogP contribution in [0.3, 0.4) is 0 Å². The van der Waals surface area contributed by atoms with Gasteiger partial charge in [0.25, 0.3) is 0 Å². The van der Waals surface area contributed by atoms with Crippen LogP contribution < -0.4 is 15.2 Å². The van der Waals surface area contributed by atoms with Gasteiger partial charge in [0.15, 0.2) is 11.6 Å². The number of nitrogens with zero attached hydrogens (tertiary/aromatic N) is 6. The first-order valence-electron chi connectivity index (χ1n) is 16.6. The smallest absolute Gasteiger partial charge is 0.163 e. The van der Waals surface area contributed by atoms with Crippen LogP contribution in [0.4, 0.5) is 5.69 Å². The van der Waals surface area contributed by atoms with E-state index in [0.717, 1.165) is 73.8 Å². The highest BCUT2D eigenvalue weighted by atomic mass is 16.5. The molecule has 0 bridgehead atoms. The Balaban J connectivity index is 0.000000175. The van der Waals surface area contributed by atoms with Gasteiger partial charge in [-0.05, 0) is 42.0 Å². The second-order valence-corrected chi connectivity index (χ2v) is 11.8. The van der Waals surface area contributed by atoms with Gasteiger partial charge in [-0.15, -0.1) is 10.2 Å². The molecule has 0 atom stereocenters. The predicted octanol–water partition coefficient (Wildman–Crippen LogP) is 6.88. The van der Waals surface area contributed by atoms with Crippen molar-refractivity contribution in [2.45, 2.75) is 19.8 Å². The van der Waals surface area contributed by atoms with Gasteiger partial charge in [0.05, 0.1) is 50.2 Å². The number of amidine groups is 1. The molecule has 10 heteroatoms. The molecule has 2 N–H and O–H groups in total. The van der Waals surface area contributed by atoms with Crippen LogP contribution in [0.2, 0.25) is 0 Å². The zero-order chi connectivity index (χ0) is 35.0. The van der Waals surface area contributed by atoms with Crippen LogP contribution in [0.5, 0.6) is 11.5 Å². The minimum atomic E-state index is 0.355. The molecule has 1 aromatic heterocycles. The number of aromatic nitrogens is 3.